The summed E-state index contributed by atoms with van der Waals surface area (Å²) in [6.45, 7) is 0.307. The lowest BCUT2D eigenvalue weighted by atomic mass is 10.0. The van der Waals surface area contributed by atoms with Gasteiger partial charge in [0.1, 0.15) is 0 Å². The lowest BCUT2D eigenvalue weighted by Gasteiger charge is -2.07. The van der Waals surface area contributed by atoms with Crippen molar-refractivity contribution >= 4 is 0 Å². The minimum atomic E-state index is 0.307. The van der Waals surface area contributed by atoms with E-state index in [1.165, 1.54) is 24.8 Å². The Bertz CT molecular complexity index is 149. The Labute approximate surface area is 55.4 Å². The van der Waals surface area contributed by atoms with E-state index in [-0.39, 0.29) is 0 Å². The molecule has 1 saturated carbocycles. The number of hydrogen-bond acceptors (Lipinski definition) is 1. The highest BCUT2D eigenvalue weighted by Gasteiger charge is 2.40. The quantitative estimate of drug-likeness (QED) is 0.523. The van der Waals surface area contributed by atoms with E-state index >= 15 is 0 Å². The first-order valence-electron chi connectivity index (χ1n) is 3.71. The maximum Gasteiger partial charge on any atom is 0.0644 e. The van der Waals surface area contributed by atoms with Gasteiger partial charge in [0, 0.05) is 0 Å². The summed E-state index contributed by atoms with van der Waals surface area (Å²) in [5.74, 6) is 1.75. The maximum atomic E-state index is 8.82. The van der Waals surface area contributed by atoms with Crippen molar-refractivity contribution in [2.24, 2.45) is 11.8 Å². The summed E-state index contributed by atoms with van der Waals surface area (Å²) < 4.78 is 0. The zero-order valence-corrected chi connectivity index (χ0v) is 5.51. The molecule has 0 aromatic heterocycles. The van der Waals surface area contributed by atoms with E-state index in [2.05, 4.69) is 6.08 Å². The van der Waals surface area contributed by atoms with Gasteiger partial charge in [0.2, 0.25) is 0 Å². The van der Waals surface area contributed by atoms with E-state index in [1.54, 1.807) is 0 Å². The van der Waals surface area contributed by atoms with Crippen LogP contribution in [0.5, 0.6) is 0 Å². The molecule has 1 N–H and O–H groups in total. The third kappa shape index (κ3) is 0.799. The van der Waals surface area contributed by atoms with Gasteiger partial charge in [-0.25, -0.2) is 0 Å². The number of allylic oxidation sites excluding steroid dienone is 1. The monoisotopic (exact) mass is 124 g/mol. The molecule has 1 fully saturated rings. The Morgan fingerprint density at radius 2 is 2.56 bits per heavy atom. The summed E-state index contributed by atoms with van der Waals surface area (Å²) in [6.07, 6.45) is 6.14. The summed E-state index contributed by atoms with van der Waals surface area (Å²) in [6, 6.07) is 0. The van der Waals surface area contributed by atoms with Crippen LogP contribution in [0, 0.1) is 11.8 Å². The van der Waals surface area contributed by atoms with Crippen LogP contribution in [0.3, 0.4) is 0 Å². The van der Waals surface area contributed by atoms with Gasteiger partial charge in [-0.2, -0.15) is 0 Å². The predicted octanol–water partition coefficient (Wildman–Crippen LogP) is 1.33. The molecule has 0 aromatic rings. The molecule has 9 heavy (non-hydrogen) atoms. The van der Waals surface area contributed by atoms with Gasteiger partial charge in [0.15, 0.2) is 0 Å². The first kappa shape index (κ1) is 5.48. The second-order valence-corrected chi connectivity index (χ2v) is 3.12. The number of rotatable bonds is 1. The second-order valence-electron chi connectivity index (χ2n) is 3.12. The molecule has 0 aromatic carbocycles. The molecule has 50 valence electrons. The fraction of sp³-hybridized carbons (Fsp3) is 0.750. The molecule has 0 bridgehead atoms. The summed E-state index contributed by atoms with van der Waals surface area (Å²) in [7, 11) is 0. The van der Waals surface area contributed by atoms with E-state index in [4.69, 9.17) is 5.11 Å². The van der Waals surface area contributed by atoms with Crippen molar-refractivity contribution < 1.29 is 5.11 Å². The van der Waals surface area contributed by atoms with E-state index in [9.17, 15) is 0 Å². The molecular formula is C8H12O. The van der Waals surface area contributed by atoms with E-state index in [1.807, 2.05) is 0 Å². The summed E-state index contributed by atoms with van der Waals surface area (Å²) >= 11 is 0. The van der Waals surface area contributed by atoms with Gasteiger partial charge in [0.25, 0.3) is 0 Å². The highest BCUT2D eigenvalue weighted by atomic mass is 16.3. The second kappa shape index (κ2) is 1.84. The molecule has 0 saturated heterocycles. The fourth-order valence-corrected chi connectivity index (χ4v) is 1.84. The molecule has 0 amide bonds. The molecule has 2 rings (SSSR count). The van der Waals surface area contributed by atoms with Crippen LogP contribution in [0.4, 0.5) is 0 Å². The van der Waals surface area contributed by atoms with Crippen LogP contribution in [0.15, 0.2) is 11.6 Å². The van der Waals surface area contributed by atoms with Crippen LogP contribution in [0.25, 0.3) is 0 Å². The number of aliphatic hydroxyl groups is 1. The Balaban J connectivity index is 2.10. The average molecular weight is 124 g/mol. The molecule has 1 heteroatoms. The van der Waals surface area contributed by atoms with Crippen molar-refractivity contribution in [1.29, 1.82) is 0 Å². The molecule has 1 nitrogen and oxygen atoms in total. The zero-order chi connectivity index (χ0) is 6.27. The highest BCUT2D eigenvalue weighted by Crippen LogP contribution is 2.49. The molecule has 2 aliphatic rings. The molecule has 2 unspecified atom stereocenters. The number of fused-ring (bicyclic) bond motifs is 1. The topological polar surface area (TPSA) is 20.2 Å². The minimum absolute atomic E-state index is 0.307. The third-order valence-corrected chi connectivity index (χ3v) is 2.53. The van der Waals surface area contributed by atoms with Gasteiger partial charge in [0.05, 0.1) is 6.61 Å². The Hall–Kier alpha value is -0.300. The van der Waals surface area contributed by atoms with Crippen LogP contribution in [-0.2, 0) is 0 Å². The van der Waals surface area contributed by atoms with Gasteiger partial charge < -0.3 is 5.11 Å². The third-order valence-electron chi connectivity index (χ3n) is 2.53. The average Bonchev–Trinajstić information content (AvgIpc) is 2.64. The maximum absolute atomic E-state index is 8.82. The van der Waals surface area contributed by atoms with Crippen LogP contribution in [0.2, 0.25) is 0 Å². The van der Waals surface area contributed by atoms with Crippen molar-refractivity contribution in [1.82, 2.24) is 0 Å². The van der Waals surface area contributed by atoms with Crippen LogP contribution < -0.4 is 0 Å². The molecule has 2 atom stereocenters. The van der Waals surface area contributed by atoms with Crippen molar-refractivity contribution in [3.05, 3.63) is 11.6 Å². The highest BCUT2D eigenvalue weighted by molar-refractivity contribution is 5.19. The zero-order valence-electron chi connectivity index (χ0n) is 5.51. The Kier molecular flexibility index (Phi) is 1.12. The van der Waals surface area contributed by atoms with Crippen molar-refractivity contribution in [3.63, 3.8) is 0 Å². The lowest BCUT2D eigenvalue weighted by molar-refractivity contribution is 0.320. The van der Waals surface area contributed by atoms with Crippen molar-refractivity contribution in [2.45, 2.75) is 19.3 Å². The molecule has 0 heterocycles. The smallest absolute Gasteiger partial charge is 0.0644 e. The van der Waals surface area contributed by atoms with Gasteiger partial charge in [-0.15, -0.1) is 0 Å². The van der Waals surface area contributed by atoms with E-state index in [0.29, 0.717) is 6.61 Å². The van der Waals surface area contributed by atoms with Crippen molar-refractivity contribution in [2.75, 3.05) is 6.61 Å². The van der Waals surface area contributed by atoms with Gasteiger partial charge >= 0.3 is 0 Å². The van der Waals surface area contributed by atoms with E-state index < -0.39 is 0 Å². The molecule has 0 radical (unpaired) electrons. The molecule has 2 aliphatic carbocycles. The minimum Gasteiger partial charge on any atom is -0.392 e. The van der Waals surface area contributed by atoms with Gasteiger partial charge in [-0.1, -0.05) is 6.08 Å². The molecule has 0 aliphatic heterocycles. The van der Waals surface area contributed by atoms with Crippen LogP contribution in [-0.4, -0.2) is 11.7 Å². The SMILES string of the molecule is OCC1=CCCC2CC12. The largest absolute Gasteiger partial charge is 0.392 e. The Morgan fingerprint density at radius 1 is 1.67 bits per heavy atom. The normalized spacial score (nSPS) is 39.4. The molecular weight excluding hydrogens is 112 g/mol. The van der Waals surface area contributed by atoms with Crippen molar-refractivity contribution in [3.8, 4) is 0 Å². The first-order chi connectivity index (χ1) is 4.42. The van der Waals surface area contributed by atoms with E-state index in [0.717, 1.165) is 11.8 Å². The van der Waals surface area contributed by atoms with Gasteiger partial charge in [-0.05, 0) is 36.7 Å². The fourth-order valence-electron chi connectivity index (χ4n) is 1.84. The number of hydrogen-bond donors (Lipinski definition) is 1. The van der Waals surface area contributed by atoms with Gasteiger partial charge in [-0.3, -0.25) is 0 Å². The summed E-state index contributed by atoms with van der Waals surface area (Å²) in [4.78, 5) is 0. The van der Waals surface area contributed by atoms with Crippen LogP contribution in [0.1, 0.15) is 19.3 Å². The first-order valence-corrected chi connectivity index (χ1v) is 3.71. The molecule has 0 spiro atoms. The number of aliphatic hydroxyl groups excluding tert-OH is 1. The van der Waals surface area contributed by atoms with Crippen LogP contribution >= 0.6 is 0 Å². The summed E-state index contributed by atoms with van der Waals surface area (Å²) in [5, 5.41) is 8.82. The standard InChI is InChI=1S/C8H12O/c9-5-7-3-1-2-6-4-8(6)7/h3,6,8-9H,1-2,4-5H2. The predicted molar refractivity (Wildman–Crippen MR) is 36.0 cm³/mol. The Morgan fingerprint density at radius 3 is 3.22 bits per heavy atom. The lowest BCUT2D eigenvalue weighted by Crippen LogP contribution is -1.99. The summed E-state index contributed by atoms with van der Waals surface area (Å²) in [5.41, 5.74) is 1.31.